The molecule has 1 spiro atoms. The third-order valence-electron chi connectivity index (χ3n) is 5.77. The highest BCUT2D eigenvalue weighted by Gasteiger charge is 2.57. The monoisotopic (exact) mass is 351 g/mol. The van der Waals surface area contributed by atoms with Gasteiger partial charge in [0.1, 0.15) is 0 Å². The van der Waals surface area contributed by atoms with Crippen LogP contribution < -0.4 is 10.6 Å². The molecule has 2 atom stereocenters. The molecule has 1 aliphatic carbocycles. The molecule has 2 heterocycles. The molecule has 3 fully saturated rings. The minimum absolute atomic E-state index is 0. The van der Waals surface area contributed by atoms with Crippen LogP contribution in [0.5, 0.6) is 0 Å². The summed E-state index contributed by atoms with van der Waals surface area (Å²) in [6.07, 6.45) is 7.38. The summed E-state index contributed by atoms with van der Waals surface area (Å²) in [6, 6.07) is 0.570. The lowest BCUT2D eigenvalue weighted by Gasteiger charge is -2.35. The van der Waals surface area contributed by atoms with Crippen LogP contribution >= 0.6 is 24.8 Å². The average molecular weight is 352 g/mol. The molecule has 0 radical (unpaired) electrons. The molecule has 0 bridgehead atoms. The Bertz CT molecular complexity index is 361. The summed E-state index contributed by atoms with van der Waals surface area (Å²) in [6.45, 7) is 7.59. The summed E-state index contributed by atoms with van der Waals surface area (Å²) in [4.78, 5) is 14.9. The van der Waals surface area contributed by atoms with Gasteiger partial charge in [0.15, 0.2) is 0 Å². The maximum Gasteiger partial charge on any atom is 0.223 e. The number of rotatable bonds is 4. The standard InChI is InChI=1S/C16H29N3O.2ClH/c1-2-19-10-4-3-5-13(19)12-18-15(20)14-11-16(14)6-8-17-9-7-16;;/h13-14,17H,2-12H2,1H3,(H,18,20);2*1H. The highest BCUT2D eigenvalue weighted by atomic mass is 35.5. The number of likely N-dealkylation sites (tertiary alicyclic amines) is 1. The quantitative estimate of drug-likeness (QED) is 0.815. The number of hydrogen-bond donors (Lipinski definition) is 2. The summed E-state index contributed by atoms with van der Waals surface area (Å²) >= 11 is 0. The molecule has 4 nitrogen and oxygen atoms in total. The molecular formula is C16H31Cl2N3O. The van der Waals surface area contributed by atoms with E-state index >= 15 is 0 Å². The SMILES string of the molecule is CCN1CCCCC1CNC(=O)C1CC12CCNCC2.Cl.Cl. The van der Waals surface area contributed by atoms with Crippen molar-refractivity contribution in [1.29, 1.82) is 0 Å². The van der Waals surface area contributed by atoms with Crippen LogP contribution in [0.4, 0.5) is 0 Å². The number of halogens is 2. The molecule has 0 aromatic heterocycles. The summed E-state index contributed by atoms with van der Waals surface area (Å²) in [5, 5.41) is 6.65. The van der Waals surface area contributed by atoms with Crippen LogP contribution in [0.15, 0.2) is 0 Å². The number of carbonyl (C=O) groups excluding carboxylic acids is 1. The molecule has 0 aromatic rings. The molecule has 1 amide bonds. The number of nitrogens with zero attached hydrogens (tertiary/aromatic N) is 1. The lowest BCUT2D eigenvalue weighted by atomic mass is 9.91. The van der Waals surface area contributed by atoms with Crippen LogP contribution in [-0.2, 0) is 4.79 Å². The first-order chi connectivity index (χ1) is 9.75. The molecule has 22 heavy (non-hydrogen) atoms. The molecule has 2 saturated heterocycles. The van der Waals surface area contributed by atoms with Crippen molar-refractivity contribution >= 4 is 30.7 Å². The van der Waals surface area contributed by atoms with E-state index in [0.29, 0.717) is 23.3 Å². The van der Waals surface area contributed by atoms with Gasteiger partial charge in [0, 0.05) is 18.5 Å². The lowest BCUT2D eigenvalue weighted by Crippen LogP contribution is -2.47. The molecule has 1 saturated carbocycles. The van der Waals surface area contributed by atoms with Gasteiger partial charge in [0.2, 0.25) is 5.91 Å². The van der Waals surface area contributed by atoms with Crippen LogP contribution in [-0.4, -0.2) is 49.6 Å². The van der Waals surface area contributed by atoms with Gasteiger partial charge in [-0.2, -0.15) is 0 Å². The van der Waals surface area contributed by atoms with Gasteiger partial charge in [0.25, 0.3) is 0 Å². The number of hydrogen-bond acceptors (Lipinski definition) is 3. The first-order valence-electron chi connectivity index (χ1n) is 8.48. The molecule has 3 rings (SSSR count). The zero-order valence-corrected chi connectivity index (χ0v) is 15.2. The number of amides is 1. The Morgan fingerprint density at radius 2 is 2.00 bits per heavy atom. The zero-order valence-electron chi connectivity index (χ0n) is 13.6. The predicted octanol–water partition coefficient (Wildman–Crippen LogP) is 2.21. The normalized spacial score (nSPS) is 30.0. The Labute approximate surface area is 147 Å². The first-order valence-corrected chi connectivity index (χ1v) is 8.48. The molecular weight excluding hydrogens is 321 g/mol. The van der Waals surface area contributed by atoms with Crippen molar-refractivity contribution in [1.82, 2.24) is 15.5 Å². The average Bonchev–Trinajstić information content (AvgIpc) is 3.19. The van der Waals surface area contributed by atoms with Gasteiger partial charge >= 0.3 is 0 Å². The van der Waals surface area contributed by atoms with Crippen molar-refractivity contribution in [3.8, 4) is 0 Å². The second-order valence-corrected chi connectivity index (χ2v) is 6.89. The minimum Gasteiger partial charge on any atom is -0.354 e. The van der Waals surface area contributed by atoms with Gasteiger partial charge in [0.05, 0.1) is 0 Å². The van der Waals surface area contributed by atoms with Crippen LogP contribution in [0, 0.1) is 11.3 Å². The van der Waals surface area contributed by atoms with Crippen molar-refractivity contribution < 1.29 is 4.79 Å². The van der Waals surface area contributed by atoms with Crippen molar-refractivity contribution in [3.05, 3.63) is 0 Å². The number of carbonyl (C=O) groups is 1. The van der Waals surface area contributed by atoms with Crippen LogP contribution in [0.3, 0.4) is 0 Å². The highest BCUT2D eigenvalue weighted by Crippen LogP contribution is 2.58. The van der Waals surface area contributed by atoms with Crippen LogP contribution in [0.2, 0.25) is 0 Å². The third kappa shape index (κ3) is 4.28. The molecule has 2 unspecified atom stereocenters. The van der Waals surface area contributed by atoms with Crippen molar-refractivity contribution in [2.24, 2.45) is 11.3 Å². The fraction of sp³-hybridized carbons (Fsp3) is 0.938. The topological polar surface area (TPSA) is 44.4 Å². The van der Waals surface area contributed by atoms with Crippen molar-refractivity contribution in [3.63, 3.8) is 0 Å². The van der Waals surface area contributed by atoms with E-state index in [1.54, 1.807) is 0 Å². The van der Waals surface area contributed by atoms with E-state index in [4.69, 9.17) is 0 Å². The Hall–Kier alpha value is -0.0300. The summed E-state index contributed by atoms with van der Waals surface area (Å²) in [5.41, 5.74) is 0.367. The molecule has 2 N–H and O–H groups in total. The first kappa shape index (κ1) is 20.0. The summed E-state index contributed by atoms with van der Waals surface area (Å²) in [7, 11) is 0. The summed E-state index contributed by atoms with van der Waals surface area (Å²) in [5.74, 6) is 0.636. The van der Waals surface area contributed by atoms with Crippen LogP contribution in [0.1, 0.15) is 45.4 Å². The van der Waals surface area contributed by atoms with Crippen molar-refractivity contribution in [2.75, 3.05) is 32.7 Å². The predicted molar refractivity (Wildman–Crippen MR) is 95.0 cm³/mol. The fourth-order valence-electron chi connectivity index (χ4n) is 4.24. The Kier molecular flexibility index (Phi) is 7.93. The van der Waals surface area contributed by atoms with Gasteiger partial charge in [-0.05, 0) is 63.7 Å². The highest BCUT2D eigenvalue weighted by molar-refractivity contribution is 5.85. The van der Waals surface area contributed by atoms with E-state index in [1.807, 2.05) is 0 Å². The Morgan fingerprint density at radius 1 is 1.27 bits per heavy atom. The van der Waals surface area contributed by atoms with E-state index in [0.717, 1.165) is 32.6 Å². The van der Waals surface area contributed by atoms with E-state index < -0.39 is 0 Å². The van der Waals surface area contributed by atoms with Crippen LogP contribution in [0.25, 0.3) is 0 Å². The molecule has 2 aliphatic heterocycles. The van der Waals surface area contributed by atoms with E-state index in [-0.39, 0.29) is 24.8 Å². The van der Waals surface area contributed by atoms with Gasteiger partial charge in [-0.15, -0.1) is 24.8 Å². The zero-order chi connectivity index (χ0) is 14.0. The second-order valence-electron chi connectivity index (χ2n) is 6.89. The van der Waals surface area contributed by atoms with Crippen molar-refractivity contribution in [2.45, 2.75) is 51.5 Å². The van der Waals surface area contributed by atoms with Gasteiger partial charge in [-0.25, -0.2) is 0 Å². The van der Waals surface area contributed by atoms with Gasteiger partial charge < -0.3 is 10.6 Å². The second kappa shape index (κ2) is 8.72. The van der Waals surface area contributed by atoms with Gasteiger partial charge in [-0.3, -0.25) is 9.69 Å². The number of likely N-dealkylation sites (N-methyl/N-ethyl adjacent to an activating group) is 1. The maximum absolute atomic E-state index is 12.4. The lowest BCUT2D eigenvalue weighted by molar-refractivity contribution is -0.123. The minimum atomic E-state index is 0. The smallest absolute Gasteiger partial charge is 0.223 e. The Morgan fingerprint density at radius 3 is 2.68 bits per heavy atom. The number of nitrogens with one attached hydrogen (secondary N) is 2. The molecule has 3 aliphatic rings. The fourth-order valence-corrected chi connectivity index (χ4v) is 4.24. The maximum atomic E-state index is 12.4. The van der Waals surface area contributed by atoms with Gasteiger partial charge in [-0.1, -0.05) is 13.3 Å². The number of piperidine rings is 2. The summed E-state index contributed by atoms with van der Waals surface area (Å²) < 4.78 is 0. The third-order valence-corrected chi connectivity index (χ3v) is 5.77. The molecule has 6 heteroatoms. The molecule has 0 aromatic carbocycles. The molecule has 130 valence electrons. The van der Waals surface area contributed by atoms with E-state index in [1.165, 1.54) is 38.6 Å². The van der Waals surface area contributed by atoms with E-state index in [9.17, 15) is 4.79 Å². The Balaban J connectivity index is 0.00000121. The largest absolute Gasteiger partial charge is 0.354 e. The van der Waals surface area contributed by atoms with E-state index in [2.05, 4.69) is 22.5 Å².